The van der Waals surface area contributed by atoms with E-state index in [1.54, 1.807) is 23.9 Å². The van der Waals surface area contributed by atoms with Crippen LogP contribution in [0.15, 0.2) is 72.8 Å². The lowest BCUT2D eigenvalue weighted by Gasteiger charge is -2.24. The molecule has 4 rings (SSSR count). The number of benzene rings is 3. The Morgan fingerprint density at radius 3 is 2.45 bits per heavy atom. The van der Waals surface area contributed by atoms with Crippen molar-refractivity contribution in [3.05, 3.63) is 100 Å². The molecule has 5 nitrogen and oxygen atoms in total. The monoisotopic (exact) mass is 484 g/mol. The molecule has 2 amide bonds. The number of hydrogen-bond donors (Lipinski definition) is 1. The average molecular weight is 485 g/mol. The van der Waals surface area contributed by atoms with Gasteiger partial charge in [-0.2, -0.15) is 0 Å². The lowest BCUT2D eigenvalue weighted by Crippen LogP contribution is -2.28. The van der Waals surface area contributed by atoms with E-state index in [-0.39, 0.29) is 29.6 Å². The second-order valence-electron chi connectivity index (χ2n) is 7.49. The molecule has 0 radical (unpaired) electrons. The van der Waals surface area contributed by atoms with E-state index >= 15 is 0 Å². The second kappa shape index (κ2) is 10.7. The van der Waals surface area contributed by atoms with E-state index in [4.69, 9.17) is 16.3 Å². The second-order valence-corrected chi connectivity index (χ2v) is 9.00. The lowest BCUT2D eigenvalue weighted by atomic mass is 10.1. The Balaban J connectivity index is 1.31. The first-order valence-electron chi connectivity index (χ1n) is 10.4. The highest BCUT2D eigenvalue weighted by atomic mass is 35.5. The Bertz CT molecular complexity index is 1110. The molecule has 1 fully saturated rings. The maximum absolute atomic E-state index is 12.9. The van der Waals surface area contributed by atoms with Gasteiger partial charge in [0.15, 0.2) is 0 Å². The first kappa shape index (κ1) is 23.1. The zero-order valence-electron chi connectivity index (χ0n) is 17.7. The number of amides is 2. The molecule has 0 spiro atoms. The number of ether oxygens (including phenoxy) is 1. The molecule has 0 bridgehead atoms. The van der Waals surface area contributed by atoms with Crippen LogP contribution in [0.1, 0.15) is 26.9 Å². The van der Waals surface area contributed by atoms with Gasteiger partial charge < -0.3 is 15.0 Å². The fourth-order valence-corrected chi connectivity index (χ4v) is 4.77. The predicted molar refractivity (Wildman–Crippen MR) is 128 cm³/mol. The molecular weight excluding hydrogens is 463 g/mol. The van der Waals surface area contributed by atoms with Crippen molar-refractivity contribution in [2.45, 2.75) is 11.9 Å². The summed E-state index contributed by atoms with van der Waals surface area (Å²) >= 11 is 7.53. The third-order valence-corrected chi connectivity index (χ3v) is 6.67. The molecule has 0 aliphatic carbocycles. The van der Waals surface area contributed by atoms with Gasteiger partial charge in [-0.1, -0.05) is 35.9 Å². The molecule has 1 aliphatic rings. The van der Waals surface area contributed by atoms with E-state index in [1.165, 1.54) is 24.3 Å². The van der Waals surface area contributed by atoms with Crippen molar-refractivity contribution in [3.8, 4) is 5.75 Å². The summed E-state index contributed by atoms with van der Waals surface area (Å²) < 4.78 is 18.4. The van der Waals surface area contributed by atoms with Crippen molar-refractivity contribution in [1.29, 1.82) is 0 Å². The first-order valence-corrected chi connectivity index (χ1v) is 11.8. The van der Waals surface area contributed by atoms with E-state index < -0.39 is 0 Å². The third kappa shape index (κ3) is 6.06. The zero-order valence-corrected chi connectivity index (χ0v) is 19.2. The summed E-state index contributed by atoms with van der Waals surface area (Å²) in [5.74, 6) is 0.517. The van der Waals surface area contributed by atoms with E-state index in [0.29, 0.717) is 35.2 Å². The highest BCUT2D eigenvalue weighted by molar-refractivity contribution is 8.00. The van der Waals surface area contributed by atoms with Gasteiger partial charge in [0.2, 0.25) is 5.91 Å². The molecule has 33 heavy (non-hydrogen) atoms. The molecule has 3 aromatic carbocycles. The van der Waals surface area contributed by atoms with E-state index in [2.05, 4.69) is 5.32 Å². The van der Waals surface area contributed by atoms with Gasteiger partial charge in [-0.15, -0.1) is 11.8 Å². The van der Waals surface area contributed by atoms with Crippen LogP contribution in [0.2, 0.25) is 5.02 Å². The Morgan fingerprint density at radius 1 is 1.06 bits per heavy atom. The summed E-state index contributed by atoms with van der Waals surface area (Å²) in [6, 6.07) is 20.5. The van der Waals surface area contributed by atoms with Crippen molar-refractivity contribution in [2.24, 2.45) is 0 Å². The van der Waals surface area contributed by atoms with Gasteiger partial charge in [0.1, 0.15) is 23.5 Å². The number of nitrogens with one attached hydrogen (secondary N) is 1. The van der Waals surface area contributed by atoms with Gasteiger partial charge in [0.25, 0.3) is 5.91 Å². The van der Waals surface area contributed by atoms with Gasteiger partial charge in [-0.05, 0) is 59.7 Å². The fourth-order valence-electron chi connectivity index (χ4n) is 3.45. The van der Waals surface area contributed by atoms with Gasteiger partial charge in [0.05, 0.1) is 12.3 Å². The topological polar surface area (TPSA) is 58.6 Å². The summed E-state index contributed by atoms with van der Waals surface area (Å²) in [6.07, 6.45) is 0. The highest BCUT2D eigenvalue weighted by Gasteiger charge is 2.32. The van der Waals surface area contributed by atoms with Crippen molar-refractivity contribution < 1.29 is 18.7 Å². The van der Waals surface area contributed by atoms with Crippen molar-refractivity contribution >= 4 is 35.2 Å². The molecule has 3 aromatic rings. The molecule has 170 valence electrons. The molecular formula is C25H22ClFN2O3S. The minimum Gasteiger partial charge on any atom is -0.492 e. The quantitative estimate of drug-likeness (QED) is 0.454. The normalized spacial score (nSPS) is 15.5. The summed E-state index contributed by atoms with van der Waals surface area (Å²) in [5, 5.41) is 3.36. The molecule has 1 unspecified atom stereocenters. The lowest BCUT2D eigenvalue weighted by molar-refractivity contribution is -0.128. The standard InChI is InChI=1S/C25H22ClFN2O3S/c26-20-7-1-17(2-8-20)15-29-23(30)16-33-25(29)19-5-3-18(4-6-19)24(31)28-13-14-32-22-11-9-21(27)10-12-22/h1-12,25H,13-16H2,(H,28,31). The minimum atomic E-state index is -0.326. The molecule has 1 atom stereocenters. The molecule has 1 saturated heterocycles. The van der Waals surface area contributed by atoms with Crippen LogP contribution in [0.3, 0.4) is 0 Å². The largest absolute Gasteiger partial charge is 0.492 e. The van der Waals surface area contributed by atoms with Gasteiger partial charge >= 0.3 is 0 Å². The number of rotatable bonds is 8. The summed E-state index contributed by atoms with van der Waals surface area (Å²) in [6.45, 7) is 1.10. The Kier molecular flexibility index (Phi) is 7.52. The summed E-state index contributed by atoms with van der Waals surface area (Å²) in [4.78, 5) is 26.7. The molecule has 0 aromatic heterocycles. The van der Waals surface area contributed by atoms with Gasteiger partial charge in [0, 0.05) is 17.1 Å². The molecule has 1 N–H and O–H groups in total. The highest BCUT2D eigenvalue weighted by Crippen LogP contribution is 2.39. The summed E-state index contributed by atoms with van der Waals surface area (Å²) in [7, 11) is 0. The maximum Gasteiger partial charge on any atom is 0.251 e. The fraction of sp³-hybridized carbons (Fsp3) is 0.200. The maximum atomic E-state index is 12.9. The Hall–Kier alpha value is -3.03. The molecule has 8 heteroatoms. The molecule has 1 heterocycles. The van der Waals surface area contributed by atoms with Crippen LogP contribution >= 0.6 is 23.4 Å². The Labute approximate surface area is 200 Å². The number of halogens is 2. The van der Waals surface area contributed by atoms with Crippen LogP contribution in [-0.4, -0.2) is 35.6 Å². The van der Waals surface area contributed by atoms with Gasteiger partial charge in [-0.3, -0.25) is 9.59 Å². The smallest absolute Gasteiger partial charge is 0.251 e. The van der Waals surface area contributed by atoms with Crippen LogP contribution in [0.4, 0.5) is 4.39 Å². The van der Waals surface area contributed by atoms with Crippen molar-refractivity contribution in [1.82, 2.24) is 10.2 Å². The number of carbonyl (C=O) groups excluding carboxylic acids is 2. The zero-order chi connectivity index (χ0) is 23.2. The molecule has 1 aliphatic heterocycles. The molecule has 0 saturated carbocycles. The van der Waals surface area contributed by atoms with Crippen LogP contribution in [0, 0.1) is 5.82 Å². The summed E-state index contributed by atoms with van der Waals surface area (Å²) in [5.41, 5.74) is 2.51. The SMILES string of the molecule is O=C(NCCOc1ccc(F)cc1)c1ccc(C2SCC(=O)N2Cc2ccc(Cl)cc2)cc1. The third-order valence-electron chi connectivity index (χ3n) is 5.16. The van der Waals surface area contributed by atoms with E-state index in [1.807, 2.05) is 41.3 Å². The van der Waals surface area contributed by atoms with Crippen LogP contribution in [-0.2, 0) is 11.3 Å². The number of carbonyl (C=O) groups is 2. The van der Waals surface area contributed by atoms with Crippen LogP contribution in [0.5, 0.6) is 5.75 Å². The van der Waals surface area contributed by atoms with Crippen LogP contribution in [0.25, 0.3) is 0 Å². The Morgan fingerprint density at radius 2 is 1.76 bits per heavy atom. The first-order chi connectivity index (χ1) is 16.0. The number of nitrogens with zero attached hydrogens (tertiary/aromatic N) is 1. The van der Waals surface area contributed by atoms with Crippen molar-refractivity contribution in [3.63, 3.8) is 0 Å². The van der Waals surface area contributed by atoms with Crippen LogP contribution < -0.4 is 10.1 Å². The van der Waals surface area contributed by atoms with E-state index in [9.17, 15) is 14.0 Å². The minimum absolute atomic E-state index is 0.0860. The van der Waals surface area contributed by atoms with E-state index in [0.717, 1.165) is 11.1 Å². The predicted octanol–water partition coefficient (Wildman–Crippen LogP) is 5.06. The number of thioether (sulfide) groups is 1. The number of hydrogen-bond acceptors (Lipinski definition) is 4. The van der Waals surface area contributed by atoms with Crippen molar-refractivity contribution in [2.75, 3.05) is 18.9 Å². The van der Waals surface area contributed by atoms with Gasteiger partial charge in [-0.25, -0.2) is 4.39 Å². The average Bonchev–Trinajstić information content (AvgIpc) is 3.19.